The molecule has 1 atom stereocenters. The molecule has 0 aliphatic carbocycles. The van der Waals surface area contributed by atoms with Gasteiger partial charge >= 0.3 is 13.7 Å². The van der Waals surface area contributed by atoms with Crippen molar-refractivity contribution in [3.8, 4) is 11.5 Å². The third kappa shape index (κ3) is 6.03. The van der Waals surface area contributed by atoms with E-state index in [-0.39, 0.29) is 23.6 Å². The lowest BCUT2D eigenvalue weighted by molar-refractivity contribution is -0.122. The van der Waals surface area contributed by atoms with Crippen LogP contribution >= 0.6 is 30.2 Å². The van der Waals surface area contributed by atoms with Gasteiger partial charge in [-0.15, -0.1) is 0 Å². The number of hydrogen-bond donors (Lipinski definition) is 1. The maximum atomic E-state index is 15.5. The number of nitrogens with zero attached hydrogens (tertiary/aromatic N) is 1. The Hall–Kier alpha value is -3.82. The first-order chi connectivity index (χ1) is 20.0. The van der Waals surface area contributed by atoms with Gasteiger partial charge in [-0.2, -0.15) is 0 Å². The monoisotopic (exact) mass is 696 g/mol. The number of ether oxygens (including phenoxy) is 1. The summed E-state index contributed by atoms with van der Waals surface area (Å²) < 4.78 is 34.3. The van der Waals surface area contributed by atoms with Crippen LogP contribution in [0, 0.1) is 3.57 Å². The smallest absolute Gasteiger partial charge is 0.444 e. The highest BCUT2D eigenvalue weighted by molar-refractivity contribution is 14.1. The third-order valence-electron chi connectivity index (χ3n) is 6.41. The minimum Gasteiger partial charge on any atom is -0.444 e. The summed E-state index contributed by atoms with van der Waals surface area (Å²) in [4.78, 5) is 29.9. The van der Waals surface area contributed by atoms with Crippen molar-refractivity contribution in [2.75, 3.05) is 4.90 Å². The van der Waals surface area contributed by atoms with E-state index in [0.29, 0.717) is 5.69 Å². The number of benzene rings is 4. The van der Waals surface area contributed by atoms with E-state index in [1.807, 2.05) is 36.4 Å². The fourth-order valence-electron chi connectivity index (χ4n) is 4.68. The SMILES string of the molecule is CC(C)(C)OC(=O)N[C@]1(P(=O)(Oc2ccccc2)Oc2ccccc2)C(=O)N(Cc2ccccc2)c2ccc(I)cc21. The molecule has 2 amide bonds. The Balaban J connectivity index is 1.75. The second kappa shape index (κ2) is 11.8. The van der Waals surface area contributed by atoms with Gasteiger partial charge in [0.15, 0.2) is 0 Å². The molecule has 1 N–H and O–H groups in total. The Morgan fingerprint density at radius 2 is 1.38 bits per heavy atom. The molecule has 0 spiro atoms. The van der Waals surface area contributed by atoms with Crippen molar-refractivity contribution in [1.82, 2.24) is 5.32 Å². The second-order valence-electron chi connectivity index (χ2n) is 10.7. The number of para-hydroxylation sites is 2. The topological polar surface area (TPSA) is 94.2 Å². The first-order valence-corrected chi connectivity index (χ1v) is 15.9. The van der Waals surface area contributed by atoms with Crippen LogP contribution in [-0.2, 0) is 25.9 Å². The molecule has 1 heterocycles. The Kier molecular flexibility index (Phi) is 8.35. The van der Waals surface area contributed by atoms with E-state index in [9.17, 15) is 9.59 Å². The minimum atomic E-state index is -4.72. The largest absolute Gasteiger partial charge is 0.470 e. The van der Waals surface area contributed by atoms with Crippen LogP contribution in [0.25, 0.3) is 0 Å². The summed E-state index contributed by atoms with van der Waals surface area (Å²) in [5.41, 5.74) is 0.672. The summed E-state index contributed by atoms with van der Waals surface area (Å²) in [6.07, 6.45) is -0.948. The van der Waals surface area contributed by atoms with E-state index < -0.39 is 30.5 Å². The molecule has 5 rings (SSSR count). The second-order valence-corrected chi connectivity index (χ2v) is 14.0. The van der Waals surface area contributed by atoms with Gasteiger partial charge < -0.3 is 18.7 Å². The third-order valence-corrected chi connectivity index (χ3v) is 9.35. The molecule has 1 aliphatic rings. The zero-order valence-corrected chi connectivity index (χ0v) is 26.4. The maximum Gasteiger partial charge on any atom is 0.470 e. The molecular formula is C32H30IN2O6P. The molecular weight excluding hydrogens is 666 g/mol. The van der Waals surface area contributed by atoms with Crippen LogP contribution in [0.15, 0.2) is 109 Å². The molecule has 1 aliphatic heterocycles. The summed E-state index contributed by atoms with van der Waals surface area (Å²) >= 11 is 2.11. The van der Waals surface area contributed by atoms with Crippen molar-refractivity contribution < 1.29 is 27.9 Å². The van der Waals surface area contributed by atoms with E-state index >= 15 is 4.57 Å². The maximum absolute atomic E-state index is 15.5. The first-order valence-electron chi connectivity index (χ1n) is 13.3. The fraction of sp³-hybridized carbons (Fsp3) is 0.188. The molecule has 0 unspecified atom stereocenters. The highest BCUT2D eigenvalue weighted by atomic mass is 127. The number of hydrogen-bond acceptors (Lipinski definition) is 6. The minimum absolute atomic E-state index is 0.154. The number of carbonyl (C=O) groups excluding carboxylic acids is 2. The lowest BCUT2D eigenvalue weighted by Crippen LogP contribution is -2.55. The molecule has 216 valence electrons. The van der Waals surface area contributed by atoms with Crippen LogP contribution < -0.4 is 19.3 Å². The quantitative estimate of drug-likeness (QED) is 0.149. The highest BCUT2D eigenvalue weighted by Gasteiger charge is 2.68. The Morgan fingerprint density at radius 3 is 1.90 bits per heavy atom. The number of rotatable bonds is 8. The fourth-order valence-corrected chi connectivity index (χ4v) is 7.34. The van der Waals surface area contributed by atoms with E-state index in [4.69, 9.17) is 13.8 Å². The molecule has 0 saturated heterocycles. The first kappa shape index (κ1) is 29.7. The Bertz CT molecular complexity index is 1580. The number of amides is 2. The standard InChI is InChI=1S/C32H30IN2O6P/c1-31(2,3)39-30(37)34-32(42(38,40-25-15-9-5-10-16-25)41-26-17-11-6-12-18-26)27-21-24(33)19-20-28(27)35(29(32)36)22-23-13-7-4-8-14-23/h4-21H,22H2,1-3H3,(H,34,37)/t32-/m1/s1. The van der Waals surface area contributed by atoms with Crippen molar-refractivity contribution in [3.05, 3.63) is 124 Å². The number of fused-ring (bicyclic) bond motifs is 1. The highest BCUT2D eigenvalue weighted by Crippen LogP contribution is 2.67. The van der Waals surface area contributed by atoms with Crippen LogP contribution in [-0.4, -0.2) is 17.6 Å². The van der Waals surface area contributed by atoms with Gasteiger partial charge in [-0.05, 0) is 91.4 Å². The number of nitrogens with one attached hydrogen (secondary N) is 1. The molecule has 10 heteroatoms. The summed E-state index contributed by atoms with van der Waals surface area (Å²) in [6.45, 7) is 5.26. The summed E-state index contributed by atoms with van der Waals surface area (Å²) in [7, 11) is -4.72. The van der Waals surface area contributed by atoms with Gasteiger partial charge in [0, 0.05) is 9.13 Å². The molecule has 0 radical (unpaired) electrons. The van der Waals surface area contributed by atoms with Crippen LogP contribution in [0.5, 0.6) is 11.5 Å². The molecule has 8 nitrogen and oxygen atoms in total. The van der Waals surface area contributed by atoms with Gasteiger partial charge in [-0.1, -0.05) is 66.7 Å². The van der Waals surface area contributed by atoms with Gasteiger partial charge in [-0.3, -0.25) is 10.1 Å². The Morgan fingerprint density at radius 1 is 0.857 bits per heavy atom. The zero-order valence-electron chi connectivity index (χ0n) is 23.3. The molecule has 0 bridgehead atoms. The van der Waals surface area contributed by atoms with E-state index in [0.717, 1.165) is 9.13 Å². The van der Waals surface area contributed by atoms with E-state index in [1.165, 1.54) is 4.90 Å². The average Bonchev–Trinajstić information content (AvgIpc) is 3.17. The van der Waals surface area contributed by atoms with Crippen LogP contribution in [0.4, 0.5) is 10.5 Å². The molecule has 0 saturated carbocycles. The molecule has 4 aromatic rings. The number of anilines is 1. The van der Waals surface area contributed by atoms with Crippen LogP contribution in [0.2, 0.25) is 0 Å². The van der Waals surface area contributed by atoms with Crippen molar-refractivity contribution in [2.24, 2.45) is 0 Å². The van der Waals surface area contributed by atoms with E-state index in [2.05, 4.69) is 27.9 Å². The van der Waals surface area contributed by atoms with E-state index in [1.54, 1.807) is 93.6 Å². The molecule has 42 heavy (non-hydrogen) atoms. The van der Waals surface area contributed by atoms with Gasteiger partial charge in [0.1, 0.15) is 17.1 Å². The van der Waals surface area contributed by atoms with Crippen molar-refractivity contribution in [1.29, 1.82) is 0 Å². The van der Waals surface area contributed by atoms with Gasteiger partial charge in [0.25, 0.3) is 11.2 Å². The van der Waals surface area contributed by atoms with Crippen molar-refractivity contribution in [2.45, 2.75) is 38.2 Å². The van der Waals surface area contributed by atoms with Crippen molar-refractivity contribution >= 4 is 47.9 Å². The van der Waals surface area contributed by atoms with Crippen LogP contribution in [0.1, 0.15) is 31.9 Å². The van der Waals surface area contributed by atoms with Crippen LogP contribution in [0.3, 0.4) is 0 Å². The molecule has 0 aromatic heterocycles. The molecule has 0 fully saturated rings. The summed E-state index contributed by atoms with van der Waals surface area (Å²) in [5.74, 6) is -0.281. The number of halogens is 1. The van der Waals surface area contributed by atoms with Crippen molar-refractivity contribution in [3.63, 3.8) is 0 Å². The molecule has 4 aromatic carbocycles. The lowest BCUT2D eigenvalue weighted by Gasteiger charge is -2.36. The van der Waals surface area contributed by atoms with Gasteiger partial charge in [0.2, 0.25) is 0 Å². The zero-order chi connectivity index (χ0) is 30.0. The number of alkyl carbamates (subject to hydrolysis) is 1. The number of carbonyl (C=O) groups is 2. The normalized spacial score (nSPS) is 16.5. The predicted octanol–water partition coefficient (Wildman–Crippen LogP) is 7.87. The summed E-state index contributed by atoms with van der Waals surface area (Å²) in [5, 5.41) is 0.411. The van der Waals surface area contributed by atoms with Gasteiger partial charge in [-0.25, -0.2) is 9.36 Å². The van der Waals surface area contributed by atoms with Gasteiger partial charge in [0.05, 0.1) is 12.2 Å². The average molecular weight is 696 g/mol. The lowest BCUT2D eigenvalue weighted by atomic mass is 10.1. The predicted molar refractivity (Wildman–Crippen MR) is 170 cm³/mol. The summed E-state index contributed by atoms with van der Waals surface area (Å²) in [6, 6.07) is 31.6. The Labute approximate surface area is 258 Å².